The molecule has 0 aliphatic rings. The molecule has 13 heavy (non-hydrogen) atoms. The van der Waals surface area contributed by atoms with Gasteiger partial charge in [-0.15, -0.1) is 10.2 Å². The first-order chi connectivity index (χ1) is 6.13. The van der Waals surface area contributed by atoms with E-state index >= 15 is 0 Å². The van der Waals surface area contributed by atoms with Crippen molar-refractivity contribution in [1.29, 1.82) is 0 Å². The highest BCUT2D eigenvalue weighted by molar-refractivity contribution is 8.02. The predicted molar refractivity (Wildman–Crippen MR) is 52.2 cm³/mol. The quantitative estimate of drug-likeness (QED) is 0.781. The van der Waals surface area contributed by atoms with Gasteiger partial charge >= 0.3 is 5.97 Å². The van der Waals surface area contributed by atoms with Gasteiger partial charge in [0.05, 0.1) is 0 Å². The number of aromatic nitrogens is 2. The van der Waals surface area contributed by atoms with E-state index < -0.39 is 11.2 Å². The highest BCUT2D eigenvalue weighted by Gasteiger charge is 2.18. The minimum atomic E-state index is -0.791. The summed E-state index contributed by atoms with van der Waals surface area (Å²) in [5.74, 6) is -0.791. The second kappa shape index (κ2) is 4.57. The van der Waals surface area contributed by atoms with Crippen LogP contribution in [0.15, 0.2) is 4.34 Å². The van der Waals surface area contributed by atoms with Gasteiger partial charge in [-0.25, -0.2) is 0 Å². The SMILES string of the molecule is CCC(Sc1nnc(C)s1)C(=O)O. The van der Waals surface area contributed by atoms with E-state index in [1.807, 2.05) is 13.8 Å². The predicted octanol–water partition coefficient (Wildman–Crippen LogP) is 1.80. The third kappa shape index (κ3) is 2.96. The minimum Gasteiger partial charge on any atom is -0.480 e. The molecule has 72 valence electrons. The van der Waals surface area contributed by atoms with Gasteiger partial charge in [-0.05, 0) is 13.3 Å². The van der Waals surface area contributed by atoms with Crippen LogP contribution in [-0.2, 0) is 4.79 Å². The van der Waals surface area contributed by atoms with Crippen molar-refractivity contribution in [2.75, 3.05) is 0 Å². The van der Waals surface area contributed by atoms with Crippen LogP contribution >= 0.6 is 23.1 Å². The maximum Gasteiger partial charge on any atom is 0.317 e. The lowest BCUT2D eigenvalue weighted by molar-refractivity contribution is -0.136. The average Bonchev–Trinajstić information content (AvgIpc) is 2.46. The number of aliphatic carboxylic acids is 1. The number of hydrogen-bond donors (Lipinski definition) is 1. The Balaban J connectivity index is 2.61. The van der Waals surface area contributed by atoms with E-state index in [9.17, 15) is 4.79 Å². The van der Waals surface area contributed by atoms with Crippen LogP contribution in [0.2, 0.25) is 0 Å². The van der Waals surface area contributed by atoms with Gasteiger partial charge in [0.2, 0.25) is 0 Å². The molecule has 1 heterocycles. The summed E-state index contributed by atoms with van der Waals surface area (Å²) in [5.41, 5.74) is 0. The maximum absolute atomic E-state index is 10.7. The highest BCUT2D eigenvalue weighted by atomic mass is 32.2. The molecule has 0 fully saturated rings. The zero-order valence-electron chi connectivity index (χ0n) is 7.35. The number of aryl methyl sites for hydroxylation is 1. The van der Waals surface area contributed by atoms with Crippen molar-refractivity contribution in [2.24, 2.45) is 0 Å². The van der Waals surface area contributed by atoms with Gasteiger partial charge in [-0.3, -0.25) is 4.79 Å². The topological polar surface area (TPSA) is 63.1 Å². The first-order valence-corrected chi connectivity index (χ1v) is 5.52. The molecule has 0 aliphatic heterocycles. The Morgan fingerprint density at radius 3 is 2.77 bits per heavy atom. The smallest absolute Gasteiger partial charge is 0.317 e. The van der Waals surface area contributed by atoms with Gasteiger partial charge in [-0.2, -0.15) is 0 Å². The van der Waals surface area contributed by atoms with Crippen molar-refractivity contribution < 1.29 is 9.90 Å². The number of carboxylic acid groups (broad SMARTS) is 1. The van der Waals surface area contributed by atoms with E-state index in [1.54, 1.807) is 0 Å². The van der Waals surface area contributed by atoms with Crippen LogP contribution in [0.1, 0.15) is 18.4 Å². The van der Waals surface area contributed by atoms with E-state index in [0.717, 1.165) is 9.35 Å². The number of nitrogens with zero attached hydrogens (tertiary/aromatic N) is 2. The van der Waals surface area contributed by atoms with Crippen molar-refractivity contribution >= 4 is 29.1 Å². The summed E-state index contributed by atoms with van der Waals surface area (Å²) in [6.45, 7) is 3.70. The molecule has 1 aromatic heterocycles. The van der Waals surface area contributed by atoms with Crippen LogP contribution in [0.5, 0.6) is 0 Å². The van der Waals surface area contributed by atoms with Crippen LogP contribution in [0.4, 0.5) is 0 Å². The molecule has 0 saturated heterocycles. The van der Waals surface area contributed by atoms with Crippen LogP contribution in [-0.4, -0.2) is 26.5 Å². The molecule has 0 amide bonds. The Bertz CT molecular complexity index is 300. The molecule has 0 spiro atoms. The average molecular weight is 218 g/mol. The van der Waals surface area contributed by atoms with Gasteiger partial charge in [-0.1, -0.05) is 30.0 Å². The van der Waals surface area contributed by atoms with Gasteiger partial charge in [0, 0.05) is 0 Å². The molecule has 0 aliphatic carbocycles. The zero-order valence-corrected chi connectivity index (χ0v) is 8.98. The Hall–Kier alpha value is -0.620. The van der Waals surface area contributed by atoms with Crippen LogP contribution in [0, 0.1) is 6.92 Å². The molecule has 0 radical (unpaired) electrons. The highest BCUT2D eigenvalue weighted by Crippen LogP contribution is 2.27. The lowest BCUT2D eigenvalue weighted by Crippen LogP contribution is -2.14. The lowest BCUT2D eigenvalue weighted by atomic mass is 10.3. The minimum absolute atomic E-state index is 0.410. The molecular formula is C7H10N2O2S2. The van der Waals surface area contributed by atoms with E-state index in [2.05, 4.69) is 10.2 Å². The first-order valence-electron chi connectivity index (χ1n) is 3.83. The lowest BCUT2D eigenvalue weighted by Gasteiger charge is -2.04. The molecule has 4 nitrogen and oxygen atoms in total. The number of carboxylic acids is 1. The molecule has 0 bridgehead atoms. The summed E-state index contributed by atoms with van der Waals surface area (Å²) in [5, 5.41) is 16.9. The van der Waals surface area contributed by atoms with Gasteiger partial charge < -0.3 is 5.11 Å². The normalized spacial score (nSPS) is 12.8. The number of rotatable bonds is 4. The van der Waals surface area contributed by atoms with Crippen molar-refractivity contribution in [3.63, 3.8) is 0 Å². The Labute approximate surface area is 84.4 Å². The second-order valence-electron chi connectivity index (χ2n) is 2.44. The van der Waals surface area contributed by atoms with Crippen molar-refractivity contribution in [1.82, 2.24) is 10.2 Å². The van der Waals surface area contributed by atoms with Gasteiger partial charge in [0.1, 0.15) is 10.3 Å². The van der Waals surface area contributed by atoms with Gasteiger partial charge in [0.25, 0.3) is 0 Å². The maximum atomic E-state index is 10.7. The summed E-state index contributed by atoms with van der Waals surface area (Å²) < 4.78 is 0.728. The third-order valence-corrected chi connectivity index (χ3v) is 3.67. The van der Waals surface area contributed by atoms with Crippen molar-refractivity contribution in [3.05, 3.63) is 5.01 Å². The van der Waals surface area contributed by atoms with E-state index in [4.69, 9.17) is 5.11 Å². The Morgan fingerprint density at radius 1 is 1.69 bits per heavy atom. The summed E-state index contributed by atoms with van der Waals surface area (Å²) in [4.78, 5) is 10.7. The van der Waals surface area contributed by atoms with Crippen molar-refractivity contribution in [2.45, 2.75) is 29.9 Å². The largest absolute Gasteiger partial charge is 0.480 e. The Morgan fingerprint density at radius 2 is 2.38 bits per heavy atom. The molecular weight excluding hydrogens is 208 g/mol. The standard InChI is InChI=1S/C7H10N2O2S2/c1-3-5(6(10)11)13-7-9-8-4(2)12-7/h5H,3H2,1-2H3,(H,10,11). The van der Waals surface area contributed by atoms with Gasteiger partial charge in [0.15, 0.2) is 4.34 Å². The summed E-state index contributed by atoms with van der Waals surface area (Å²) in [6, 6.07) is 0. The molecule has 6 heteroatoms. The van der Waals surface area contributed by atoms with Crippen LogP contribution < -0.4 is 0 Å². The molecule has 0 aromatic carbocycles. The summed E-state index contributed by atoms with van der Waals surface area (Å²) in [6.07, 6.45) is 0.596. The molecule has 1 aromatic rings. The van der Waals surface area contributed by atoms with Crippen molar-refractivity contribution in [3.8, 4) is 0 Å². The molecule has 1 rings (SSSR count). The molecule has 1 atom stereocenters. The number of carbonyl (C=O) groups is 1. The monoisotopic (exact) mass is 218 g/mol. The number of thioether (sulfide) groups is 1. The van der Waals surface area contributed by atoms with Crippen LogP contribution in [0.3, 0.4) is 0 Å². The van der Waals surface area contributed by atoms with E-state index in [-0.39, 0.29) is 0 Å². The fraction of sp³-hybridized carbons (Fsp3) is 0.571. The third-order valence-electron chi connectivity index (χ3n) is 1.40. The molecule has 1 N–H and O–H groups in total. The fourth-order valence-corrected chi connectivity index (χ4v) is 2.67. The zero-order chi connectivity index (χ0) is 9.84. The Kier molecular flexibility index (Phi) is 3.68. The molecule has 1 unspecified atom stereocenters. The second-order valence-corrected chi connectivity index (χ2v) is 5.07. The summed E-state index contributed by atoms with van der Waals surface area (Å²) in [7, 11) is 0. The van der Waals surface area contributed by atoms with Crippen LogP contribution in [0.25, 0.3) is 0 Å². The fourth-order valence-electron chi connectivity index (χ4n) is 0.756. The van der Waals surface area contributed by atoms with E-state index in [0.29, 0.717) is 6.42 Å². The first kappa shape index (κ1) is 10.5. The summed E-state index contributed by atoms with van der Waals surface area (Å²) >= 11 is 2.69. The molecule has 0 saturated carbocycles. The number of hydrogen-bond acceptors (Lipinski definition) is 5. The van der Waals surface area contributed by atoms with E-state index in [1.165, 1.54) is 23.1 Å².